The molecule has 0 N–H and O–H groups in total. The molecule has 1 aliphatic heterocycles. The van der Waals surface area contributed by atoms with Crippen LogP contribution in [0.1, 0.15) is 5.82 Å². The second-order valence-electron chi connectivity index (χ2n) is 7.57. The Hall–Kier alpha value is -2.76. The van der Waals surface area contributed by atoms with Crippen molar-refractivity contribution in [1.29, 1.82) is 0 Å². The van der Waals surface area contributed by atoms with E-state index in [1.54, 1.807) is 22.7 Å². The summed E-state index contributed by atoms with van der Waals surface area (Å²) in [5, 5.41) is 19.0. The Morgan fingerprint density at radius 2 is 1.97 bits per heavy atom. The molecular weight excluding hydrogens is 478 g/mol. The summed E-state index contributed by atoms with van der Waals surface area (Å²) in [6.45, 7) is 3.83. The highest BCUT2D eigenvalue weighted by atomic mass is 35.5. The summed E-state index contributed by atoms with van der Waals surface area (Å²) in [5.74, 6) is 1.86. The largest absolute Gasteiger partial charge is 0.379 e. The number of morpholine rings is 1. The molecule has 0 bridgehead atoms. The normalized spacial score (nSPS) is 14.8. The maximum absolute atomic E-state index is 6.16. The molecule has 1 aromatic carbocycles. The van der Waals surface area contributed by atoms with Gasteiger partial charge in [-0.05, 0) is 28.8 Å². The topological polar surface area (TPSA) is 81.9 Å². The van der Waals surface area contributed by atoms with Crippen molar-refractivity contribution in [2.24, 2.45) is 0 Å². The first-order valence-corrected chi connectivity index (χ1v) is 12.6. The lowest BCUT2D eigenvalue weighted by Crippen LogP contribution is -2.36. The first-order chi connectivity index (χ1) is 16.2. The number of ether oxygens (including phenoxy) is 1. The van der Waals surface area contributed by atoms with Crippen LogP contribution in [0.25, 0.3) is 37.9 Å². The average Bonchev–Trinajstić information content (AvgIpc) is 3.59. The number of rotatable bonds is 5. The van der Waals surface area contributed by atoms with Crippen LogP contribution in [0.4, 0.5) is 0 Å². The van der Waals surface area contributed by atoms with Crippen molar-refractivity contribution in [2.45, 2.75) is 6.54 Å². The van der Waals surface area contributed by atoms with Crippen molar-refractivity contribution < 1.29 is 4.74 Å². The minimum atomic E-state index is 0.492. The van der Waals surface area contributed by atoms with E-state index in [0.717, 1.165) is 58.3 Å². The molecular formula is C22H18ClN7OS2. The lowest BCUT2D eigenvalue weighted by Gasteiger charge is -2.25. The summed E-state index contributed by atoms with van der Waals surface area (Å²) >= 11 is 9.45. The van der Waals surface area contributed by atoms with Gasteiger partial charge in [0, 0.05) is 39.5 Å². The Bertz CT molecular complexity index is 1410. The third-order valence-electron chi connectivity index (χ3n) is 5.40. The lowest BCUT2D eigenvalue weighted by atomic mass is 10.2. The molecule has 4 aromatic heterocycles. The fourth-order valence-electron chi connectivity index (χ4n) is 3.80. The maximum Gasteiger partial charge on any atom is 0.205 e. The van der Waals surface area contributed by atoms with Gasteiger partial charge in [0.25, 0.3) is 0 Å². The van der Waals surface area contributed by atoms with Crippen molar-refractivity contribution >= 4 is 44.5 Å². The minimum absolute atomic E-state index is 0.492. The van der Waals surface area contributed by atoms with Gasteiger partial charge in [-0.25, -0.2) is 9.97 Å². The van der Waals surface area contributed by atoms with Crippen molar-refractivity contribution in [3.05, 3.63) is 58.0 Å². The first kappa shape index (κ1) is 20.8. The monoisotopic (exact) mass is 495 g/mol. The molecule has 0 amide bonds. The lowest BCUT2D eigenvalue weighted by molar-refractivity contribution is 0.0331. The van der Waals surface area contributed by atoms with E-state index in [0.29, 0.717) is 23.2 Å². The molecule has 0 unspecified atom stereocenters. The van der Waals surface area contributed by atoms with Crippen molar-refractivity contribution in [1.82, 2.24) is 35.1 Å². The molecule has 6 rings (SSSR count). The highest BCUT2D eigenvalue weighted by Crippen LogP contribution is 2.38. The van der Waals surface area contributed by atoms with E-state index in [1.165, 1.54) is 4.80 Å². The molecule has 0 saturated carbocycles. The molecule has 5 heterocycles. The van der Waals surface area contributed by atoms with Crippen LogP contribution in [0.5, 0.6) is 0 Å². The fourth-order valence-corrected chi connectivity index (χ4v) is 5.77. The van der Waals surface area contributed by atoms with Crippen LogP contribution in [0.3, 0.4) is 0 Å². The summed E-state index contributed by atoms with van der Waals surface area (Å²) in [4.78, 5) is 15.7. The molecule has 0 spiro atoms. The number of thiophene rings is 2. The second-order valence-corrected chi connectivity index (χ2v) is 9.81. The van der Waals surface area contributed by atoms with Crippen LogP contribution in [0.2, 0.25) is 5.02 Å². The Labute approximate surface area is 202 Å². The summed E-state index contributed by atoms with van der Waals surface area (Å²) in [7, 11) is 0. The maximum atomic E-state index is 6.16. The Morgan fingerprint density at radius 1 is 1.06 bits per heavy atom. The van der Waals surface area contributed by atoms with Gasteiger partial charge in [0.2, 0.25) is 5.82 Å². The van der Waals surface area contributed by atoms with E-state index in [9.17, 15) is 0 Å². The molecule has 1 fully saturated rings. The number of fused-ring (bicyclic) bond motifs is 1. The van der Waals surface area contributed by atoms with Gasteiger partial charge < -0.3 is 4.74 Å². The summed E-state index contributed by atoms with van der Waals surface area (Å²) < 4.78 is 5.48. The quantitative estimate of drug-likeness (QED) is 0.354. The second kappa shape index (κ2) is 8.88. The summed E-state index contributed by atoms with van der Waals surface area (Å²) in [6.07, 6.45) is 0. The number of nitrogens with zero attached hydrogens (tertiary/aromatic N) is 7. The fraction of sp³-hybridized carbons (Fsp3) is 0.227. The predicted octanol–water partition coefficient (Wildman–Crippen LogP) is 4.55. The van der Waals surface area contributed by atoms with Crippen molar-refractivity contribution in [3.8, 4) is 27.6 Å². The molecule has 0 atom stereocenters. The van der Waals surface area contributed by atoms with Crippen molar-refractivity contribution in [2.75, 3.05) is 26.3 Å². The Balaban J connectivity index is 1.47. The smallest absolute Gasteiger partial charge is 0.205 e. The Kier molecular flexibility index (Phi) is 5.60. The van der Waals surface area contributed by atoms with Crippen LogP contribution < -0.4 is 0 Å². The van der Waals surface area contributed by atoms with Gasteiger partial charge in [0.15, 0.2) is 5.82 Å². The van der Waals surface area contributed by atoms with Gasteiger partial charge in [-0.3, -0.25) is 4.90 Å². The molecule has 33 heavy (non-hydrogen) atoms. The van der Waals surface area contributed by atoms with Crippen LogP contribution in [0.15, 0.2) is 47.2 Å². The van der Waals surface area contributed by atoms with E-state index in [-0.39, 0.29) is 0 Å². The van der Waals surface area contributed by atoms with E-state index >= 15 is 0 Å². The van der Waals surface area contributed by atoms with Crippen LogP contribution in [-0.4, -0.2) is 61.4 Å². The van der Waals surface area contributed by atoms with Gasteiger partial charge in [0.1, 0.15) is 10.7 Å². The standard InChI is InChI=1S/C22H18ClN7OS2/c23-15-4-1-3-14(11-15)20-26-28-30(27-20)21-19-16(17-5-2-10-32-17)13-33-22(19)25-18(24-21)12-29-6-8-31-9-7-29/h1-5,10-11,13H,6-9,12H2. The zero-order valence-electron chi connectivity index (χ0n) is 17.4. The summed E-state index contributed by atoms with van der Waals surface area (Å²) in [6, 6.07) is 11.6. The van der Waals surface area contributed by atoms with Crippen LogP contribution in [0, 0.1) is 0 Å². The minimum Gasteiger partial charge on any atom is -0.379 e. The van der Waals surface area contributed by atoms with Gasteiger partial charge in [-0.1, -0.05) is 29.8 Å². The zero-order chi connectivity index (χ0) is 22.2. The molecule has 5 aromatic rings. The Morgan fingerprint density at radius 3 is 2.79 bits per heavy atom. The zero-order valence-corrected chi connectivity index (χ0v) is 19.8. The third-order valence-corrected chi connectivity index (χ3v) is 7.41. The van der Waals surface area contributed by atoms with E-state index < -0.39 is 0 Å². The van der Waals surface area contributed by atoms with Gasteiger partial charge in [-0.2, -0.15) is 0 Å². The van der Waals surface area contributed by atoms with Gasteiger partial charge in [-0.15, -0.1) is 37.7 Å². The van der Waals surface area contributed by atoms with Gasteiger partial charge >= 0.3 is 0 Å². The molecule has 1 saturated heterocycles. The number of tetrazole rings is 1. The highest BCUT2D eigenvalue weighted by molar-refractivity contribution is 7.18. The highest BCUT2D eigenvalue weighted by Gasteiger charge is 2.21. The third kappa shape index (κ3) is 4.16. The molecule has 1 aliphatic rings. The summed E-state index contributed by atoms with van der Waals surface area (Å²) in [5.41, 5.74) is 1.89. The van der Waals surface area contributed by atoms with Crippen LogP contribution in [-0.2, 0) is 11.3 Å². The number of hydrogen-bond acceptors (Lipinski definition) is 9. The molecule has 0 radical (unpaired) electrons. The number of benzene rings is 1. The van der Waals surface area contributed by atoms with E-state index in [2.05, 4.69) is 37.1 Å². The molecule has 8 nitrogen and oxygen atoms in total. The first-order valence-electron chi connectivity index (χ1n) is 10.4. The molecule has 166 valence electrons. The van der Waals surface area contributed by atoms with Gasteiger partial charge in [0.05, 0.1) is 25.1 Å². The molecule has 0 aliphatic carbocycles. The molecule has 11 heteroatoms. The number of halogens is 1. The van der Waals surface area contributed by atoms with Crippen LogP contribution >= 0.6 is 34.3 Å². The predicted molar refractivity (Wildman–Crippen MR) is 130 cm³/mol. The number of hydrogen-bond donors (Lipinski definition) is 0. The van der Waals surface area contributed by atoms with E-state index in [4.69, 9.17) is 26.3 Å². The number of aromatic nitrogens is 6. The van der Waals surface area contributed by atoms with Crippen molar-refractivity contribution in [3.63, 3.8) is 0 Å². The average molecular weight is 496 g/mol. The van der Waals surface area contributed by atoms with E-state index in [1.807, 2.05) is 30.3 Å². The SMILES string of the molecule is Clc1cccc(-c2nnn(-c3nc(CN4CCOCC4)nc4scc(-c5cccs5)c34)n2)c1.